The molecule has 0 amide bonds. The Balaban J connectivity index is 1.57. The van der Waals surface area contributed by atoms with E-state index < -0.39 is 0 Å². The van der Waals surface area contributed by atoms with Crippen LogP contribution in [-0.4, -0.2) is 35.0 Å². The third-order valence-electron chi connectivity index (χ3n) is 4.24. The van der Waals surface area contributed by atoms with Crippen molar-refractivity contribution in [1.29, 1.82) is 0 Å². The number of likely N-dealkylation sites (tertiary alicyclic amines) is 1. The van der Waals surface area contributed by atoms with Gasteiger partial charge in [0.05, 0.1) is 0 Å². The van der Waals surface area contributed by atoms with Gasteiger partial charge in [0.2, 0.25) is 0 Å². The fraction of sp³-hybridized carbons (Fsp3) is 0.529. The first-order chi connectivity index (χ1) is 10.7. The van der Waals surface area contributed by atoms with Crippen LogP contribution in [0.2, 0.25) is 0 Å². The van der Waals surface area contributed by atoms with Gasteiger partial charge in [-0.25, -0.2) is 4.98 Å². The number of aromatic nitrogens is 2. The minimum absolute atomic E-state index is 0.757. The number of hydrogen-bond donors (Lipinski definition) is 1. The number of nitrogens with zero attached hydrogens (tertiary/aromatic N) is 3. The van der Waals surface area contributed by atoms with Gasteiger partial charge < -0.3 is 5.32 Å². The van der Waals surface area contributed by atoms with E-state index in [0.717, 1.165) is 23.3 Å². The van der Waals surface area contributed by atoms with Crippen LogP contribution in [0.1, 0.15) is 29.0 Å². The third kappa shape index (κ3) is 4.05. The number of piperidine rings is 1. The van der Waals surface area contributed by atoms with E-state index in [1.165, 1.54) is 42.8 Å². The van der Waals surface area contributed by atoms with Crippen molar-refractivity contribution in [1.82, 2.24) is 14.9 Å². The lowest BCUT2D eigenvalue weighted by Crippen LogP contribution is -2.35. The maximum Gasteiger partial charge on any atom is 0.182 e. The largest absolute Gasteiger partial charge is 0.365 e. The Morgan fingerprint density at radius 1 is 1.41 bits per heavy atom. The molecule has 5 heteroatoms. The zero-order valence-corrected chi connectivity index (χ0v) is 14.2. The Bertz CT molecular complexity index is 610. The summed E-state index contributed by atoms with van der Waals surface area (Å²) in [5, 5.41) is 4.12. The summed E-state index contributed by atoms with van der Waals surface area (Å²) in [6.07, 6.45) is 7.74. The molecule has 1 aliphatic rings. The summed E-state index contributed by atoms with van der Waals surface area (Å²) in [5.41, 5.74) is 2.55. The van der Waals surface area contributed by atoms with Crippen molar-refractivity contribution in [3.63, 3.8) is 0 Å². The molecule has 2 aromatic heterocycles. The fourth-order valence-corrected chi connectivity index (χ4v) is 4.05. The van der Waals surface area contributed by atoms with Gasteiger partial charge >= 0.3 is 0 Å². The number of pyridine rings is 1. The van der Waals surface area contributed by atoms with Crippen molar-refractivity contribution < 1.29 is 0 Å². The fourth-order valence-electron chi connectivity index (χ4n) is 3.24. The SMILES string of the molecule is CNc1ncc(CN2CCCC(Cc3ccnc(C)c3)C2)s1. The number of thiazole rings is 1. The minimum atomic E-state index is 0.757. The Kier molecular flexibility index (Phi) is 5.05. The van der Waals surface area contributed by atoms with Crippen molar-refractivity contribution in [3.8, 4) is 0 Å². The maximum atomic E-state index is 4.37. The van der Waals surface area contributed by atoms with Crippen LogP contribution in [0.4, 0.5) is 5.13 Å². The molecule has 3 heterocycles. The second-order valence-corrected chi connectivity index (χ2v) is 7.25. The van der Waals surface area contributed by atoms with Crippen LogP contribution in [-0.2, 0) is 13.0 Å². The molecular weight excluding hydrogens is 292 g/mol. The molecule has 4 nitrogen and oxygen atoms in total. The van der Waals surface area contributed by atoms with Crippen LogP contribution in [0, 0.1) is 12.8 Å². The second-order valence-electron chi connectivity index (χ2n) is 6.13. The van der Waals surface area contributed by atoms with Gasteiger partial charge in [0, 0.05) is 43.1 Å². The highest BCUT2D eigenvalue weighted by atomic mass is 32.1. The van der Waals surface area contributed by atoms with Crippen molar-refractivity contribution in [2.75, 3.05) is 25.5 Å². The zero-order chi connectivity index (χ0) is 15.4. The first-order valence-corrected chi connectivity index (χ1v) is 8.81. The molecule has 1 aliphatic heterocycles. The average molecular weight is 316 g/mol. The van der Waals surface area contributed by atoms with Crippen molar-refractivity contribution >= 4 is 16.5 Å². The Morgan fingerprint density at radius 2 is 2.32 bits per heavy atom. The molecule has 1 unspecified atom stereocenters. The van der Waals surface area contributed by atoms with E-state index in [9.17, 15) is 0 Å². The molecule has 2 aromatic rings. The number of rotatable bonds is 5. The van der Waals surface area contributed by atoms with E-state index in [-0.39, 0.29) is 0 Å². The molecule has 1 fully saturated rings. The summed E-state index contributed by atoms with van der Waals surface area (Å²) in [6, 6.07) is 4.38. The summed E-state index contributed by atoms with van der Waals surface area (Å²) in [4.78, 5) is 12.6. The van der Waals surface area contributed by atoms with Crippen LogP contribution in [0.25, 0.3) is 0 Å². The van der Waals surface area contributed by atoms with E-state index >= 15 is 0 Å². The predicted octanol–water partition coefficient (Wildman–Crippen LogP) is 3.34. The normalized spacial score (nSPS) is 19.3. The Morgan fingerprint density at radius 3 is 3.09 bits per heavy atom. The van der Waals surface area contributed by atoms with Crippen molar-refractivity contribution in [2.45, 2.75) is 32.7 Å². The van der Waals surface area contributed by atoms with E-state index in [2.05, 4.69) is 39.2 Å². The molecule has 1 saturated heterocycles. The predicted molar refractivity (Wildman–Crippen MR) is 92.3 cm³/mol. The molecule has 0 aromatic carbocycles. The minimum Gasteiger partial charge on any atom is -0.365 e. The van der Waals surface area contributed by atoms with Gasteiger partial charge in [-0.1, -0.05) is 0 Å². The molecule has 0 saturated carbocycles. The van der Waals surface area contributed by atoms with Crippen LogP contribution in [0.15, 0.2) is 24.5 Å². The van der Waals surface area contributed by atoms with E-state index in [1.807, 2.05) is 19.4 Å². The molecule has 0 radical (unpaired) electrons. The van der Waals surface area contributed by atoms with Gasteiger partial charge in [0.15, 0.2) is 5.13 Å². The molecule has 3 rings (SSSR count). The lowest BCUT2D eigenvalue weighted by Gasteiger charge is -2.32. The molecular formula is C17H24N4S. The third-order valence-corrected chi connectivity index (χ3v) is 5.24. The van der Waals surface area contributed by atoms with Crippen molar-refractivity contribution in [3.05, 3.63) is 40.7 Å². The second kappa shape index (κ2) is 7.20. The topological polar surface area (TPSA) is 41.1 Å². The lowest BCUT2D eigenvalue weighted by molar-refractivity contribution is 0.168. The van der Waals surface area contributed by atoms with Gasteiger partial charge in [-0.05, 0) is 56.3 Å². The first-order valence-electron chi connectivity index (χ1n) is 7.99. The number of anilines is 1. The van der Waals surface area contributed by atoms with Crippen LogP contribution in [0.3, 0.4) is 0 Å². The highest BCUT2D eigenvalue weighted by molar-refractivity contribution is 7.15. The lowest BCUT2D eigenvalue weighted by atomic mass is 9.91. The van der Waals surface area contributed by atoms with Crippen LogP contribution in [0.5, 0.6) is 0 Å². The van der Waals surface area contributed by atoms with E-state index in [0.29, 0.717) is 0 Å². The molecule has 0 spiro atoms. The first kappa shape index (κ1) is 15.4. The van der Waals surface area contributed by atoms with E-state index in [1.54, 1.807) is 11.3 Å². The van der Waals surface area contributed by atoms with Crippen LogP contribution >= 0.6 is 11.3 Å². The highest BCUT2D eigenvalue weighted by Crippen LogP contribution is 2.25. The molecule has 0 bridgehead atoms. The number of hydrogen-bond acceptors (Lipinski definition) is 5. The molecule has 118 valence electrons. The van der Waals surface area contributed by atoms with Gasteiger partial charge in [-0.15, -0.1) is 11.3 Å². The van der Waals surface area contributed by atoms with Gasteiger partial charge in [-0.3, -0.25) is 9.88 Å². The number of aryl methyl sites for hydroxylation is 1. The van der Waals surface area contributed by atoms with Gasteiger partial charge in [0.25, 0.3) is 0 Å². The molecule has 0 aliphatic carbocycles. The molecule has 1 N–H and O–H groups in total. The Labute approximate surface area is 136 Å². The average Bonchev–Trinajstić information content (AvgIpc) is 2.95. The van der Waals surface area contributed by atoms with Gasteiger partial charge in [0.1, 0.15) is 0 Å². The van der Waals surface area contributed by atoms with E-state index in [4.69, 9.17) is 0 Å². The zero-order valence-electron chi connectivity index (χ0n) is 13.4. The number of nitrogens with one attached hydrogen (secondary N) is 1. The summed E-state index contributed by atoms with van der Waals surface area (Å²) < 4.78 is 0. The highest BCUT2D eigenvalue weighted by Gasteiger charge is 2.21. The summed E-state index contributed by atoms with van der Waals surface area (Å²) in [7, 11) is 1.93. The Hall–Kier alpha value is -1.46. The molecule has 1 atom stereocenters. The maximum absolute atomic E-state index is 4.37. The van der Waals surface area contributed by atoms with Crippen LogP contribution < -0.4 is 5.32 Å². The summed E-state index contributed by atoms with van der Waals surface area (Å²) in [5.74, 6) is 0.757. The summed E-state index contributed by atoms with van der Waals surface area (Å²) >= 11 is 1.76. The monoisotopic (exact) mass is 316 g/mol. The summed E-state index contributed by atoms with van der Waals surface area (Å²) in [6.45, 7) is 5.50. The quantitative estimate of drug-likeness (QED) is 0.918. The van der Waals surface area contributed by atoms with Crippen molar-refractivity contribution in [2.24, 2.45) is 5.92 Å². The molecule has 22 heavy (non-hydrogen) atoms. The van der Waals surface area contributed by atoms with Gasteiger partial charge in [-0.2, -0.15) is 0 Å². The smallest absolute Gasteiger partial charge is 0.182 e. The standard InChI is InChI=1S/C17H24N4S/c1-13-8-14(5-6-19-13)9-15-4-3-7-21(11-15)12-16-10-20-17(18-2)22-16/h5-6,8,10,15H,3-4,7,9,11-12H2,1-2H3,(H,18,20).